The van der Waals surface area contributed by atoms with Crippen LogP contribution in [0.1, 0.15) is 39.2 Å². The fourth-order valence-electron chi connectivity index (χ4n) is 1.70. The fourth-order valence-corrected chi connectivity index (χ4v) is 1.70. The van der Waals surface area contributed by atoms with Crippen LogP contribution in [0.15, 0.2) is 30.3 Å². The highest BCUT2D eigenvalue weighted by Gasteiger charge is 2.02. The van der Waals surface area contributed by atoms with E-state index in [0.717, 1.165) is 23.3 Å². The summed E-state index contributed by atoms with van der Waals surface area (Å²) in [6.45, 7) is 6.95. The molecule has 0 amide bonds. The van der Waals surface area contributed by atoms with Crippen molar-refractivity contribution in [3.8, 4) is 5.75 Å². The molecule has 1 aromatic carbocycles. The lowest BCUT2D eigenvalue weighted by atomic mass is 10.0. The van der Waals surface area contributed by atoms with Gasteiger partial charge in [-0.25, -0.2) is 0 Å². The molecular weight excluding hydrogens is 240 g/mol. The van der Waals surface area contributed by atoms with Crippen LogP contribution in [-0.2, 0) is 4.79 Å². The van der Waals surface area contributed by atoms with Gasteiger partial charge in [-0.3, -0.25) is 4.79 Å². The monoisotopic (exact) mass is 262 g/mol. The largest absolute Gasteiger partial charge is 0.493 e. The Morgan fingerprint density at radius 1 is 1.32 bits per heavy atom. The summed E-state index contributed by atoms with van der Waals surface area (Å²) in [4.78, 5) is 10.6. The SMILES string of the molecule is CC/C(=C\CC(=O)O)c1ccc(OCC(C)C)cc1. The molecule has 1 aromatic rings. The maximum Gasteiger partial charge on any atom is 0.307 e. The quantitative estimate of drug-likeness (QED) is 0.808. The van der Waals surface area contributed by atoms with E-state index in [0.29, 0.717) is 12.5 Å². The van der Waals surface area contributed by atoms with Gasteiger partial charge in [0.25, 0.3) is 0 Å². The van der Waals surface area contributed by atoms with Crippen molar-refractivity contribution in [1.29, 1.82) is 0 Å². The van der Waals surface area contributed by atoms with Crippen LogP contribution in [0, 0.1) is 5.92 Å². The summed E-state index contributed by atoms with van der Waals surface area (Å²) in [6, 6.07) is 7.82. The zero-order chi connectivity index (χ0) is 14.3. The lowest BCUT2D eigenvalue weighted by molar-refractivity contribution is -0.135. The molecule has 3 nitrogen and oxygen atoms in total. The molecule has 0 aliphatic carbocycles. The Kier molecular flexibility index (Phi) is 6.13. The second-order valence-corrected chi connectivity index (χ2v) is 4.91. The average Bonchev–Trinajstić information content (AvgIpc) is 2.38. The zero-order valence-corrected chi connectivity index (χ0v) is 11.8. The molecule has 19 heavy (non-hydrogen) atoms. The van der Waals surface area contributed by atoms with Crippen molar-refractivity contribution in [1.82, 2.24) is 0 Å². The second kappa shape index (κ2) is 7.62. The molecule has 0 aromatic heterocycles. The van der Waals surface area contributed by atoms with Crippen molar-refractivity contribution in [2.24, 2.45) is 5.92 Å². The first-order valence-corrected chi connectivity index (χ1v) is 6.67. The van der Waals surface area contributed by atoms with Gasteiger partial charge in [-0.2, -0.15) is 0 Å². The van der Waals surface area contributed by atoms with Gasteiger partial charge in [0.15, 0.2) is 0 Å². The average molecular weight is 262 g/mol. The van der Waals surface area contributed by atoms with Crippen LogP contribution in [0.2, 0.25) is 0 Å². The number of benzene rings is 1. The first-order chi connectivity index (χ1) is 9.02. The van der Waals surface area contributed by atoms with E-state index in [4.69, 9.17) is 9.84 Å². The Labute approximate surface area is 114 Å². The number of hydrogen-bond donors (Lipinski definition) is 1. The van der Waals surface area contributed by atoms with Gasteiger partial charge < -0.3 is 9.84 Å². The number of carboxylic acids is 1. The van der Waals surface area contributed by atoms with Gasteiger partial charge >= 0.3 is 5.97 Å². The van der Waals surface area contributed by atoms with Crippen molar-refractivity contribution in [3.05, 3.63) is 35.9 Å². The van der Waals surface area contributed by atoms with Crippen LogP contribution in [0.4, 0.5) is 0 Å². The van der Waals surface area contributed by atoms with E-state index in [2.05, 4.69) is 13.8 Å². The molecule has 0 bridgehead atoms. The van der Waals surface area contributed by atoms with Gasteiger partial charge in [0.1, 0.15) is 5.75 Å². The molecule has 104 valence electrons. The zero-order valence-electron chi connectivity index (χ0n) is 11.8. The summed E-state index contributed by atoms with van der Waals surface area (Å²) in [7, 11) is 0. The minimum Gasteiger partial charge on any atom is -0.493 e. The van der Waals surface area contributed by atoms with Crippen LogP contribution in [-0.4, -0.2) is 17.7 Å². The molecule has 3 heteroatoms. The predicted octanol–water partition coefficient (Wildman–Crippen LogP) is 3.99. The lowest BCUT2D eigenvalue weighted by Crippen LogP contribution is -2.04. The highest BCUT2D eigenvalue weighted by molar-refractivity contribution is 5.74. The molecule has 0 heterocycles. The molecule has 0 fully saturated rings. The number of hydrogen-bond acceptors (Lipinski definition) is 2. The van der Waals surface area contributed by atoms with Gasteiger partial charge in [0.2, 0.25) is 0 Å². The summed E-state index contributed by atoms with van der Waals surface area (Å²) >= 11 is 0. The van der Waals surface area contributed by atoms with Crippen molar-refractivity contribution in [2.45, 2.75) is 33.6 Å². The topological polar surface area (TPSA) is 46.5 Å². The standard InChI is InChI=1S/C16H22O3/c1-4-13(7-10-16(17)18)14-5-8-15(9-6-14)19-11-12(2)3/h5-9,12H,4,10-11H2,1-3H3,(H,17,18)/b13-7+. The third-order valence-corrected chi connectivity index (χ3v) is 2.71. The minimum absolute atomic E-state index is 0.0643. The summed E-state index contributed by atoms with van der Waals surface area (Å²) in [5, 5.41) is 8.71. The molecule has 0 aliphatic rings. The molecule has 1 rings (SSSR count). The van der Waals surface area contributed by atoms with E-state index in [1.54, 1.807) is 6.08 Å². The minimum atomic E-state index is -0.803. The maximum absolute atomic E-state index is 10.6. The second-order valence-electron chi connectivity index (χ2n) is 4.91. The van der Waals surface area contributed by atoms with Gasteiger partial charge in [0, 0.05) is 0 Å². The number of aliphatic carboxylic acids is 1. The number of rotatable bonds is 7. The normalized spacial score (nSPS) is 11.7. The maximum atomic E-state index is 10.6. The Balaban J connectivity index is 2.73. The van der Waals surface area contributed by atoms with Crippen molar-refractivity contribution >= 4 is 11.5 Å². The van der Waals surface area contributed by atoms with E-state index >= 15 is 0 Å². The Bertz CT molecular complexity index is 430. The third kappa shape index (κ3) is 5.60. The van der Waals surface area contributed by atoms with Crippen LogP contribution in [0.5, 0.6) is 5.75 Å². The summed E-state index contributed by atoms with van der Waals surface area (Å²) < 4.78 is 5.62. The van der Waals surface area contributed by atoms with Crippen LogP contribution < -0.4 is 4.74 Å². The first kappa shape index (κ1) is 15.3. The molecule has 1 N–H and O–H groups in total. The molecule has 0 saturated carbocycles. The van der Waals surface area contributed by atoms with Gasteiger partial charge in [0.05, 0.1) is 13.0 Å². The molecule has 0 aliphatic heterocycles. The molecule has 0 radical (unpaired) electrons. The summed E-state index contributed by atoms with van der Waals surface area (Å²) in [5.41, 5.74) is 2.11. The van der Waals surface area contributed by atoms with Crippen LogP contribution in [0.3, 0.4) is 0 Å². The van der Waals surface area contributed by atoms with Gasteiger partial charge in [-0.05, 0) is 35.6 Å². The Morgan fingerprint density at radius 2 is 1.95 bits per heavy atom. The number of carbonyl (C=O) groups is 1. The Morgan fingerprint density at radius 3 is 2.42 bits per heavy atom. The lowest BCUT2D eigenvalue weighted by Gasteiger charge is -2.10. The number of carboxylic acid groups (broad SMARTS) is 1. The highest BCUT2D eigenvalue weighted by Crippen LogP contribution is 2.22. The summed E-state index contributed by atoms with van der Waals surface area (Å²) in [5.74, 6) is 0.551. The molecular formula is C16H22O3. The predicted molar refractivity (Wildman–Crippen MR) is 77.3 cm³/mol. The smallest absolute Gasteiger partial charge is 0.307 e. The highest BCUT2D eigenvalue weighted by atomic mass is 16.5. The fraction of sp³-hybridized carbons (Fsp3) is 0.438. The van der Waals surface area contributed by atoms with E-state index in [1.807, 2.05) is 31.2 Å². The van der Waals surface area contributed by atoms with Crippen molar-refractivity contribution in [3.63, 3.8) is 0 Å². The van der Waals surface area contributed by atoms with Crippen LogP contribution >= 0.6 is 0 Å². The summed E-state index contributed by atoms with van der Waals surface area (Å²) in [6.07, 6.45) is 2.65. The van der Waals surface area contributed by atoms with Gasteiger partial charge in [-0.1, -0.05) is 39.0 Å². The molecule has 0 atom stereocenters. The van der Waals surface area contributed by atoms with Crippen LogP contribution in [0.25, 0.3) is 5.57 Å². The number of ether oxygens (including phenoxy) is 1. The van der Waals surface area contributed by atoms with Crippen molar-refractivity contribution in [2.75, 3.05) is 6.61 Å². The third-order valence-electron chi connectivity index (χ3n) is 2.71. The van der Waals surface area contributed by atoms with E-state index in [9.17, 15) is 4.79 Å². The molecule has 0 unspecified atom stereocenters. The Hall–Kier alpha value is -1.77. The van der Waals surface area contributed by atoms with Crippen molar-refractivity contribution < 1.29 is 14.6 Å². The van der Waals surface area contributed by atoms with E-state index < -0.39 is 5.97 Å². The number of allylic oxidation sites excluding steroid dienone is 1. The van der Waals surface area contributed by atoms with E-state index in [1.165, 1.54) is 0 Å². The van der Waals surface area contributed by atoms with E-state index in [-0.39, 0.29) is 6.42 Å². The first-order valence-electron chi connectivity index (χ1n) is 6.67. The molecule has 0 spiro atoms. The molecule has 0 saturated heterocycles. The van der Waals surface area contributed by atoms with Gasteiger partial charge in [-0.15, -0.1) is 0 Å².